The van der Waals surface area contributed by atoms with Crippen molar-refractivity contribution in [2.75, 3.05) is 52.7 Å². The molecule has 2 atom stereocenters. The standard InChI is InChI=1S/C26H35N3O5/c1-4-34-25(31)24-20(17-33-13-10-29-8-11-32-12-9-29)28-19-14-26(2,3)15-21(30)23(19)22(24)18-6-5-7-27-16-18/h5-7,16,22-23H,4,8-15,17H2,1-3H3. The largest absolute Gasteiger partial charge is 0.463 e. The maximum atomic E-state index is 13.4. The number of esters is 1. The Morgan fingerprint density at radius 3 is 2.74 bits per heavy atom. The lowest BCUT2D eigenvalue weighted by Crippen LogP contribution is -2.44. The Morgan fingerprint density at radius 1 is 1.24 bits per heavy atom. The van der Waals surface area contributed by atoms with Crippen LogP contribution in [0.2, 0.25) is 0 Å². The first-order chi connectivity index (χ1) is 16.4. The van der Waals surface area contributed by atoms with Gasteiger partial charge in [-0.05, 0) is 30.4 Å². The third kappa shape index (κ3) is 5.62. The lowest BCUT2D eigenvalue weighted by Gasteiger charge is -2.41. The summed E-state index contributed by atoms with van der Waals surface area (Å²) in [5.74, 6) is -1.28. The van der Waals surface area contributed by atoms with E-state index in [0.29, 0.717) is 30.7 Å². The van der Waals surface area contributed by atoms with Crippen molar-refractivity contribution in [3.05, 3.63) is 41.4 Å². The first-order valence-electron chi connectivity index (χ1n) is 12.2. The summed E-state index contributed by atoms with van der Waals surface area (Å²) in [7, 11) is 0. The average molecular weight is 470 g/mol. The molecule has 8 nitrogen and oxygen atoms in total. The second-order valence-corrected chi connectivity index (χ2v) is 9.92. The van der Waals surface area contributed by atoms with Gasteiger partial charge in [0.15, 0.2) is 0 Å². The van der Waals surface area contributed by atoms with Gasteiger partial charge in [0.1, 0.15) is 5.78 Å². The van der Waals surface area contributed by atoms with Crippen molar-refractivity contribution in [3.8, 4) is 0 Å². The van der Waals surface area contributed by atoms with Gasteiger partial charge in [-0.15, -0.1) is 0 Å². The van der Waals surface area contributed by atoms with E-state index in [4.69, 9.17) is 19.2 Å². The molecular weight excluding hydrogens is 434 g/mol. The zero-order valence-electron chi connectivity index (χ0n) is 20.4. The van der Waals surface area contributed by atoms with Crippen LogP contribution in [-0.4, -0.2) is 80.0 Å². The van der Waals surface area contributed by atoms with Crippen molar-refractivity contribution in [2.24, 2.45) is 16.3 Å². The van der Waals surface area contributed by atoms with Crippen LogP contribution >= 0.6 is 0 Å². The topological polar surface area (TPSA) is 90.3 Å². The number of morpholine rings is 1. The predicted octanol–water partition coefficient (Wildman–Crippen LogP) is 2.79. The molecule has 1 aromatic heterocycles. The molecule has 1 aromatic rings. The molecular formula is C26H35N3O5. The minimum absolute atomic E-state index is 0.109. The fourth-order valence-electron chi connectivity index (χ4n) is 5.17. The lowest BCUT2D eigenvalue weighted by molar-refractivity contribution is -0.139. The van der Waals surface area contributed by atoms with Crippen LogP contribution in [0.3, 0.4) is 0 Å². The monoisotopic (exact) mass is 469 g/mol. The molecule has 3 heterocycles. The maximum absolute atomic E-state index is 13.4. The molecule has 2 unspecified atom stereocenters. The SMILES string of the molecule is CCOC(=O)C1=C(COCCN2CCOCC2)N=C2CC(C)(C)CC(=O)C2C1c1cccnc1. The quantitative estimate of drug-likeness (QED) is 0.427. The second-order valence-electron chi connectivity index (χ2n) is 9.92. The van der Waals surface area contributed by atoms with E-state index < -0.39 is 17.8 Å². The van der Waals surface area contributed by atoms with Crippen LogP contribution in [0.15, 0.2) is 40.8 Å². The summed E-state index contributed by atoms with van der Waals surface area (Å²) in [5, 5.41) is 0. The van der Waals surface area contributed by atoms with Crippen molar-refractivity contribution in [3.63, 3.8) is 0 Å². The molecule has 0 aromatic carbocycles. The van der Waals surface area contributed by atoms with E-state index in [0.717, 1.165) is 44.1 Å². The molecule has 0 amide bonds. The number of nitrogens with zero attached hydrogens (tertiary/aromatic N) is 3. The normalized spacial score (nSPS) is 25.0. The summed E-state index contributed by atoms with van der Waals surface area (Å²) in [6, 6.07) is 3.75. The van der Waals surface area contributed by atoms with Crippen LogP contribution in [-0.2, 0) is 23.8 Å². The van der Waals surface area contributed by atoms with E-state index >= 15 is 0 Å². The van der Waals surface area contributed by atoms with Gasteiger partial charge in [-0.3, -0.25) is 19.7 Å². The van der Waals surface area contributed by atoms with Gasteiger partial charge in [0.05, 0.1) is 50.2 Å². The summed E-state index contributed by atoms with van der Waals surface area (Å²) in [6.45, 7) is 11.0. The number of hydrogen-bond donors (Lipinski definition) is 0. The van der Waals surface area contributed by atoms with Crippen molar-refractivity contribution in [1.82, 2.24) is 9.88 Å². The van der Waals surface area contributed by atoms with Gasteiger partial charge >= 0.3 is 5.97 Å². The first-order valence-corrected chi connectivity index (χ1v) is 12.2. The first kappa shape index (κ1) is 24.7. The van der Waals surface area contributed by atoms with Gasteiger partial charge in [0.2, 0.25) is 0 Å². The smallest absolute Gasteiger partial charge is 0.336 e. The van der Waals surface area contributed by atoms with E-state index in [2.05, 4.69) is 23.7 Å². The minimum atomic E-state index is -0.478. The van der Waals surface area contributed by atoms with Gasteiger partial charge in [-0.1, -0.05) is 19.9 Å². The molecule has 3 aliphatic rings. The number of aliphatic imine (C=N–C) groups is 1. The van der Waals surface area contributed by atoms with E-state index in [-0.39, 0.29) is 24.4 Å². The number of fused-ring (bicyclic) bond motifs is 1. The highest BCUT2D eigenvalue weighted by Crippen LogP contribution is 2.46. The number of pyridine rings is 1. The molecule has 0 bridgehead atoms. The molecule has 4 rings (SSSR count). The van der Waals surface area contributed by atoms with Crippen LogP contribution in [0.5, 0.6) is 0 Å². The predicted molar refractivity (Wildman–Crippen MR) is 128 cm³/mol. The van der Waals surface area contributed by atoms with Crippen molar-refractivity contribution < 1.29 is 23.8 Å². The Morgan fingerprint density at radius 2 is 2.03 bits per heavy atom. The lowest BCUT2D eigenvalue weighted by atomic mass is 9.63. The van der Waals surface area contributed by atoms with Crippen LogP contribution < -0.4 is 0 Å². The number of carbonyl (C=O) groups excluding carboxylic acids is 2. The zero-order valence-corrected chi connectivity index (χ0v) is 20.4. The molecule has 0 radical (unpaired) electrons. The Hall–Kier alpha value is -2.42. The van der Waals surface area contributed by atoms with Crippen LogP contribution in [0.25, 0.3) is 0 Å². The van der Waals surface area contributed by atoms with Gasteiger partial charge in [0, 0.05) is 50.1 Å². The fraction of sp³-hybridized carbons (Fsp3) is 0.615. The molecule has 1 aliphatic carbocycles. The van der Waals surface area contributed by atoms with Crippen LogP contribution in [0.4, 0.5) is 0 Å². The highest BCUT2D eigenvalue weighted by Gasteiger charge is 2.48. The summed E-state index contributed by atoms with van der Waals surface area (Å²) >= 11 is 0. The highest BCUT2D eigenvalue weighted by molar-refractivity contribution is 6.12. The molecule has 34 heavy (non-hydrogen) atoms. The Kier molecular flexibility index (Phi) is 7.91. The summed E-state index contributed by atoms with van der Waals surface area (Å²) in [4.78, 5) is 38.1. The number of rotatable bonds is 8. The zero-order chi connectivity index (χ0) is 24.1. The second kappa shape index (κ2) is 10.9. The molecule has 1 saturated carbocycles. The summed E-state index contributed by atoms with van der Waals surface area (Å²) in [5.41, 5.74) is 2.46. The molecule has 0 N–H and O–H groups in total. The number of hydrogen-bond acceptors (Lipinski definition) is 8. The molecule has 2 aliphatic heterocycles. The Labute approximate surface area is 201 Å². The van der Waals surface area contributed by atoms with Crippen molar-refractivity contribution in [2.45, 2.75) is 39.5 Å². The number of ketones is 1. The van der Waals surface area contributed by atoms with Crippen molar-refractivity contribution >= 4 is 17.5 Å². The highest BCUT2D eigenvalue weighted by atomic mass is 16.5. The summed E-state index contributed by atoms with van der Waals surface area (Å²) < 4.78 is 16.9. The number of ether oxygens (including phenoxy) is 3. The van der Waals surface area contributed by atoms with E-state index in [1.807, 2.05) is 12.1 Å². The summed E-state index contributed by atoms with van der Waals surface area (Å²) in [6.07, 6.45) is 4.58. The molecule has 2 fully saturated rings. The molecule has 8 heteroatoms. The van der Waals surface area contributed by atoms with Crippen LogP contribution in [0, 0.1) is 11.3 Å². The van der Waals surface area contributed by atoms with Gasteiger partial charge in [-0.2, -0.15) is 0 Å². The third-order valence-corrected chi connectivity index (χ3v) is 6.69. The number of carbonyl (C=O) groups is 2. The van der Waals surface area contributed by atoms with E-state index in [9.17, 15) is 9.59 Å². The van der Waals surface area contributed by atoms with E-state index in [1.54, 1.807) is 19.3 Å². The minimum Gasteiger partial charge on any atom is -0.463 e. The maximum Gasteiger partial charge on any atom is 0.336 e. The molecule has 1 saturated heterocycles. The molecule has 0 spiro atoms. The van der Waals surface area contributed by atoms with Gasteiger partial charge in [0.25, 0.3) is 0 Å². The van der Waals surface area contributed by atoms with Crippen molar-refractivity contribution in [1.29, 1.82) is 0 Å². The fourth-order valence-corrected chi connectivity index (χ4v) is 5.17. The third-order valence-electron chi connectivity index (χ3n) is 6.69. The van der Waals surface area contributed by atoms with Gasteiger partial charge in [-0.25, -0.2) is 4.79 Å². The molecule has 184 valence electrons. The Bertz CT molecular complexity index is 950. The Balaban J connectivity index is 1.66. The van der Waals surface area contributed by atoms with E-state index in [1.165, 1.54) is 0 Å². The van der Waals surface area contributed by atoms with Crippen LogP contribution in [0.1, 0.15) is 45.1 Å². The van der Waals surface area contributed by atoms with Gasteiger partial charge < -0.3 is 14.2 Å². The number of Topliss-reactive ketones (excluding diaryl/α,β-unsaturated/α-hetero) is 1. The number of aromatic nitrogens is 1. The average Bonchev–Trinajstić information content (AvgIpc) is 2.81.